The topological polar surface area (TPSA) is 78.9 Å². The third-order valence-electron chi connectivity index (χ3n) is 2.12. The third-order valence-corrected chi connectivity index (χ3v) is 2.12. The van der Waals surface area contributed by atoms with Crippen LogP contribution >= 0.6 is 0 Å². The van der Waals surface area contributed by atoms with Crippen molar-refractivity contribution in [1.29, 1.82) is 5.41 Å². The van der Waals surface area contributed by atoms with Gasteiger partial charge in [-0.15, -0.1) is 0 Å². The maximum atomic E-state index is 7.19. The Balaban J connectivity index is 2.69. The summed E-state index contributed by atoms with van der Waals surface area (Å²) in [5.41, 5.74) is 5.33. The van der Waals surface area contributed by atoms with Crippen molar-refractivity contribution >= 4 is 11.7 Å². The number of rotatable bonds is 5. The van der Waals surface area contributed by atoms with Crippen LogP contribution in [0, 0.1) is 12.3 Å². The lowest BCUT2D eigenvalue weighted by Crippen LogP contribution is -2.28. The van der Waals surface area contributed by atoms with Crippen LogP contribution in [0.15, 0.2) is 12.3 Å². The lowest BCUT2D eigenvalue weighted by Gasteiger charge is -2.21. The standard InChI is InChI=1S/C10H17N5/c1-3-15(7-5-9(11)12)10-4-6-13-8(2)14-10/h4,6H,3,5,7H2,1-2H3,(H3,11,12). The molecule has 15 heavy (non-hydrogen) atoms. The van der Waals surface area contributed by atoms with E-state index in [1.807, 2.05) is 13.0 Å². The number of aromatic nitrogens is 2. The number of hydrogen-bond donors (Lipinski definition) is 2. The van der Waals surface area contributed by atoms with Gasteiger partial charge in [0.2, 0.25) is 0 Å². The number of nitrogens with zero attached hydrogens (tertiary/aromatic N) is 3. The molecule has 1 heterocycles. The highest BCUT2D eigenvalue weighted by atomic mass is 15.2. The summed E-state index contributed by atoms with van der Waals surface area (Å²) in [6, 6.07) is 1.87. The van der Waals surface area contributed by atoms with Crippen LogP contribution in [0.5, 0.6) is 0 Å². The van der Waals surface area contributed by atoms with E-state index in [0.29, 0.717) is 6.42 Å². The molecule has 5 nitrogen and oxygen atoms in total. The summed E-state index contributed by atoms with van der Waals surface area (Å²) in [6.07, 6.45) is 2.31. The van der Waals surface area contributed by atoms with E-state index in [4.69, 9.17) is 11.1 Å². The molecule has 0 amide bonds. The number of amidine groups is 1. The molecule has 82 valence electrons. The second-order valence-electron chi connectivity index (χ2n) is 3.32. The molecule has 0 radical (unpaired) electrons. The van der Waals surface area contributed by atoms with Gasteiger partial charge in [-0.1, -0.05) is 0 Å². The highest BCUT2D eigenvalue weighted by molar-refractivity contribution is 5.77. The first-order valence-corrected chi connectivity index (χ1v) is 5.01. The fourth-order valence-electron chi connectivity index (χ4n) is 1.31. The van der Waals surface area contributed by atoms with Crippen molar-refractivity contribution in [2.24, 2.45) is 5.73 Å². The molecule has 0 aromatic carbocycles. The van der Waals surface area contributed by atoms with E-state index in [2.05, 4.69) is 21.8 Å². The predicted molar refractivity (Wildman–Crippen MR) is 61.2 cm³/mol. The largest absolute Gasteiger partial charge is 0.388 e. The molecule has 0 aliphatic heterocycles. The van der Waals surface area contributed by atoms with Gasteiger partial charge in [0.25, 0.3) is 0 Å². The van der Waals surface area contributed by atoms with Gasteiger partial charge < -0.3 is 10.6 Å². The van der Waals surface area contributed by atoms with Crippen LogP contribution in [0.2, 0.25) is 0 Å². The van der Waals surface area contributed by atoms with Gasteiger partial charge in [0.15, 0.2) is 0 Å². The zero-order chi connectivity index (χ0) is 11.3. The van der Waals surface area contributed by atoms with Crippen molar-refractivity contribution in [3.05, 3.63) is 18.1 Å². The monoisotopic (exact) mass is 207 g/mol. The maximum Gasteiger partial charge on any atom is 0.132 e. The SMILES string of the molecule is CCN(CCC(=N)N)c1ccnc(C)n1. The lowest BCUT2D eigenvalue weighted by molar-refractivity contribution is 0.806. The van der Waals surface area contributed by atoms with E-state index >= 15 is 0 Å². The van der Waals surface area contributed by atoms with Crippen molar-refractivity contribution < 1.29 is 0 Å². The van der Waals surface area contributed by atoms with Crippen LogP contribution in [0.3, 0.4) is 0 Å². The molecule has 0 bridgehead atoms. The van der Waals surface area contributed by atoms with Gasteiger partial charge in [0.05, 0.1) is 5.84 Å². The predicted octanol–water partition coefficient (Wildman–Crippen LogP) is 0.937. The van der Waals surface area contributed by atoms with E-state index in [-0.39, 0.29) is 5.84 Å². The summed E-state index contributed by atoms with van der Waals surface area (Å²) in [7, 11) is 0. The molecule has 5 heteroatoms. The van der Waals surface area contributed by atoms with Crippen molar-refractivity contribution in [3.63, 3.8) is 0 Å². The zero-order valence-electron chi connectivity index (χ0n) is 9.20. The van der Waals surface area contributed by atoms with Gasteiger partial charge in [0.1, 0.15) is 11.6 Å². The van der Waals surface area contributed by atoms with Crippen LogP contribution < -0.4 is 10.6 Å². The minimum absolute atomic E-state index is 0.208. The van der Waals surface area contributed by atoms with Crippen molar-refractivity contribution in [2.75, 3.05) is 18.0 Å². The van der Waals surface area contributed by atoms with Crippen molar-refractivity contribution in [1.82, 2.24) is 9.97 Å². The summed E-state index contributed by atoms with van der Waals surface area (Å²) in [5, 5.41) is 7.19. The number of hydrogen-bond acceptors (Lipinski definition) is 4. The molecule has 0 aliphatic carbocycles. The van der Waals surface area contributed by atoms with Gasteiger partial charge in [-0.3, -0.25) is 5.41 Å². The summed E-state index contributed by atoms with van der Waals surface area (Å²) in [5.74, 6) is 1.86. The Morgan fingerprint density at radius 3 is 2.87 bits per heavy atom. The Kier molecular flexibility index (Phi) is 4.03. The average Bonchev–Trinajstić information content (AvgIpc) is 2.18. The minimum Gasteiger partial charge on any atom is -0.388 e. The van der Waals surface area contributed by atoms with Crippen LogP contribution in [0.4, 0.5) is 5.82 Å². The van der Waals surface area contributed by atoms with E-state index < -0.39 is 0 Å². The Morgan fingerprint density at radius 2 is 2.33 bits per heavy atom. The van der Waals surface area contributed by atoms with Gasteiger partial charge in [-0.25, -0.2) is 9.97 Å². The van der Waals surface area contributed by atoms with Crippen LogP contribution in [0.25, 0.3) is 0 Å². The van der Waals surface area contributed by atoms with Gasteiger partial charge >= 0.3 is 0 Å². The molecular weight excluding hydrogens is 190 g/mol. The van der Waals surface area contributed by atoms with E-state index in [1.165, 1.54) is 0 Å². The van der Waals surface area contributed by atoms with Crippen molar-refractivity contribution in [2.45, 2.75) is 20.3 Å². The van der Waals surface area contributed by atoms with Gasteiger partial charge in [-0.05, 0) is 19.9 Å². The number of nitrogens with two attached hydrogens (primary N) is 1. The molecule has 0 spiro atoms. The van der Waals surface area contributed by atoms with Crippen LogP contribution in [-0.2, 0) is 0 Å². The fraction of sp³-hybridized carbons (Fsp3) is 0.500. The Hall–Kier alpha value is -1.65. The Bertz CT molecular complexity index is 336. The molecule has 1 aromatic heterocycles. The molecule has 1 rings (SSSR count). The van der Waals surface area contributed by atoms with Crippen molar-refractivity contribution in [3.8, 4) is 0 Å². The van der Waals surface area contributed by atoms with E-state index in [0.717, 1.165) is 24.7 Å². The number of aryl methyl sites for hydroxylation is 1. The zero-order valence-corrected chi connectivity index (χ0v) is 9.20. The maximum absolute atomic E-state index is 7.19. The lowest BCUT2D eigenvalue weighted by atomic mass is 10.3. The molecule has 0 aliphatic rings. The van der Waals surface area contributed by atoms with Gasteiger partial charge in [-0.2, -0.15) is 0 Å². The third kappa shape index (κ3) is 3.53. The summed E-state index contributed by atoms with van der Waals surface area (Å²) in [4.78, 5) is 10.5. The van der Waals surface area contributed by atoms with E-state index in [9.17, 15) is 0 Å². The smallest absolute Gasteiger partial charge is 0.132 e. The summed E-state index contributed by atoms with van der Waals surface area (Å²) >= 11 is 0. The molecule has 0 fully saturated rings. The first-order valence-electron chi connectivity index (χ1n) is 5.01. The quantitative estimate of drug-likeness (QED) is 0.556. The number of nitrogens with one attached hydrogen (secondary N) is 1. The second-order valence-corrected chi connectivity index (χ2v) is 3.32. The highest BCUT2D eigenvalue weighted by Crippen LogP contribution is 2.09. The second kappa shape index (κ2) is 5.29. The first-order chi connectivity index (χ1) is 7.13. The summed E-state index contributed by atoms with van der Waals surface area (Å²) in [6.45, 7) is 5.49. The molecule has 0 saturated heterocycles. The number of anilines is 1. The Labute approximate surface area is 89.8 Å². The van der Waals surface area contributed by atoms with Gasteiger partial charge in [0, 0.05) is 25.7 Å². The molecule has 1 aromatic rings. The summed E-state index contributed by atoms with van der Waals surface area (Å²) < 4.78 is 0. The Morgan fingerprint density at radius 1 is 1.60 bits per heavy atom. The molecule has 0 unspecified atom stereocenters. The molecule has 0 saturated carbocycles. The minimum atomic E-state index is 0.208. The fourth-order valence-corrected chi connectivity index (χ4v) is 1.31. The molecular formula is C10H17N5. The highest BCUT2D eigenvalue weighted by Gasteiger charge is 2.06. The molecule has 0 atom stereocenters. The molecule has 3 N–H and O–H groups in total. The first kappa shape index (κ1) is 11.4. The van der Waals surface area contributed by atoms with Crippen LogP contribution in [0.1, 0.15) is 19.2 Å². The van der Waals surface area contributed by atoms with Crippen LogP contribution in [-0.4, -0.2) is 28.9 Å². The van der Waals surface area contributed by atoms with E-state index in [1.54, 1.807) is 6.20 Å². The average molecular weight is 207 g/mol. The normalized spacial score (nSPS) is 10.0.